The monoisotopic (exact) mass is 316 g/mol. The van der Waals surface area contributed by atoms with E-state index in [2.05, 4.69) is 16.0 Å². The fourth-order valence-electron chi connectivity index (χ4n) is 1.40. The summed E-state index contributed by atoms with van der Waals surface area (Å²) in [7, 11) is 0. The van der Waals surface area contributed by atoms with Crippen molar-refractivity contribution >= 4 is 23.7 Å². The lowest BCUT2D eigenvalue weighted by Crippen LogP contribution is -2.55. The van der Waals surface area contributed by atoms with Gasteiger partial charge in [-0.05, 0) is 19.8 Å². The van der Waals surface area contributed by atoms with Gasteiger partial charge < -0.3 is 26.8 Å². The maximum atomic E-state index is 11.9. The van der Waals surface area contributed by atoms with Crippen LogP contribution in [0, 0.1) is 5.92 Å². The summed E-state index contributed by atoms with van der Waals surface area (Å²) in [6.07, 6.45) is 0. The van der Waals surface area contributed by atoms with Gasteiger partial charge in [0.25, 0.3) is 0 Å². The molecule has 0 rings (SSSR count). The first-order chi connectivity index (χ1) is 10.1. The lowest BCUT2D eigenvalue weighted by molar-refractivity contribution is -0.138. The van der Waals surface area contributed by atoms with E-state index in [0.717, 1.165) is 0 Å². The minimum absolute atomic E-state index is 0.0732. The Hall–Kier alpha value is -2.16. The van der Waals surface area contributed by atoms with Gasteiger partial charge in [0.1, 0.15) is 18.6 Å². The van der Waals surface area contributed by atoms with Crippen LogP contribution in [-0.4, -0.2) is 53.5 Å². The van der Waals surface area contributed by atoms with Gasteiger partial charge in [0.05, 0.1) is 6.04 Å². The van der Waals surface area contributed by atoms with Crippen LogP contribution >= 0.6 is 0 Å². The molecule has 0 radical (unpaired) electrons. The normalized spacial score (nSPS) is 14.6. The first-order valence-electron chi connectivity index (χ1n) is 6.92. The molecule has 0 aliphatic heterocycles. The van der Waals surface area contributed by atoms with Gasteiger partial charge >= 0.3 is 5.97 Å². The van der Waals surface area contributed by atoms with Gasteiger partial charge in [-0.1, -0.05) is 13.8 Å². The quantitative estimate of drug-likeness (QED) is 0.356. The third kappa shape index (κ3) is 7.02. The van der Waals surface area contributed by atoms with Crippen LogP contribution in [0.15, 0.2) is 0 Å². The molecule has 0 bridgehead atoms. The minimum Gasteiger partial charge on any atom is -0.480 e. The molecule has 0 aromatic rings. The molecule has 6 N–H and O–H groups in total. The number of carbonyl (C=O) groups is 4. The Balaban J connectivity index is 4.37. The molecule has 0 heterocycles. The number of amides is 3. The van der Waals surface area contributed by atoms with Crippen LogP contribution in [-0.2, 0) is 19.2 Å². The summed E-state index contributed by atoms with van der Waals surface area (Å²) in [5, 5.41) is 15.4. The Morgan fingerprint density at radius 3 is 1.82 bits per heavy atom. The summed E-state index contributed by atoms with van der Waals surface area (Å²) >= 11 is 0. The number of rotatable bonds is 8. The molecule has 0 spiro atoms. The van der Waals surface area contributed by atoms with E-state index in [1.54, 1.807) is 13.8 Å². The molecule has 0 saturated heterocycles. The fraction of sp³-hybridized carbons (Fsp3) is 0.692. The maximum Gasteiger partial charge on any atom is 0.322 e. The first kappa shape index (κ1) is 19.8. The van der Waals surface area contributed by atoms with E-state index in [4.69, 9.17) is 10.8 Å². The third-order valence-corrected chi connectivity index (χ3v) is 2.94. The Kier molecular flexibility index (Phi) is 8.10. The summed E-state index contributed by atoms with van der Waals surface area (Å²) in [4.78, 5) is 45.5. The third-order valence-electron chi connectivity index (χ3n) is 2.94. The van der Waals surface area contributed by atoms with Gasteiger partial charge in [0, 0.05) is 0 Å². The van der Waals surface area contributed by atoms with Gasteiger partial charge in [-0.2, -0.15) is 0 Å². The van der Waals surface area contributed by atoms with Crippen molar-refractivity contribution in [3.63, 3.8) is 0 Å². The van der Waals surface area contributed by atoms with E-state index in [0.29, 0.717) is 0 Å². The number of hydrogen-bond donors (Lipinski definition) is 5. The van der Waals surface area contributed by atoms with Crippen LogP contribution in [0.2, 0.25) is 0 Å². The average molecular weight is 316 g/mol. The number of aliphatic carboxylic acids is 1. The topological polar surface area (TPSA) is 151 Å². The molecule has 9 heteroatoms. The average Bonchev–Trinajstić information content (AvgIpc) is 2.42. The van der Waals surface area contributed by atoms with Crippen molar-refractivity contribution in [3.8, 4) is 0 Å². The van der Waals surface area contributed by atoms with Crippen molar-refractivity contribution in [3.05, 3.63) is 0 Å². The van der Waals surface area contributed by atoms with Crippen molar-refractivity contribution in [2.75, 3.05) is 6.54 Å². The minimum atomic E-state index is -1.19. The van der Waals surface area contributed by atoms with Crippen LogP contribution < -0.4 is 21.7 Å². The Morgan fingerprint density at radius 1 is 0.909 bits per heavy atom. The molecule has 0 saturated carbocycles. The Morgan fingerprint density at radius 2 is 1.36 bits per heavy atom. The lowest BCUT2D eigenvalue weighted by Gasteiger charge is -2.21. The molecule has 0 aromatic heterocycles. The highest BCUT2D eigenvalue weighted by Gasteiger charge is 2.24. The van der Waals surface area contributed by atoms with Gasteiger partial charge in [-0.15, -0.1) is 0 Å². The SMILES string of the molecule is CC(NC(=O)C(C)NC(=O)C(N)C(C)C)C(=O)NCC(=O)O. The predicted molar refractivity (Wildman–Crippen MR) is 78.7 cm³/mol. The Labute approximate surface area is 129 Å². The predicted octanol–water partition coefficient (Wildman–Crippen LogP) is -1.82. The van der Waals surface area contributed by atoms with E-state index in [1.807, 2.05) is 0 Å². The summed E-state index contributed by atoms with van der Waals surface area (Å²) in [6, 6.07) is -2.52. The summed E-state index contributed by atoms with van der Waals surface area (Å²) in [5.41, 5.74) is 5.66. The second-order valence-electron chi connectivity index (χ2n) is 5.34. The van der Waals surface area contributed by atoms with Gasteiger partial charge in [-0.3, -0.25) is 19.2 Å². The van der Waals surface area contributed by atoms with E-state index in [1.165, 1.54) is 13.8 Å². The van der Waals surface area contributed by atoms with E-state index < -0.39 is 48.4 Å². The summed E-state index contributed by atoms with van der Waals surface area (Å²) in [6.45, 7) is 5.90. The molecular weight excluding hydrogens is 292 g/mol. The number of nitrogens with one attached hydrogen (secondary N) is 3. The molecule has 3 atom stereocenters. The van der Waals surface area contributed by atoms with E-state index in [-0.39, 0.29) is 5.92 Å². The molecule has 0 aromatic carbocycles. The zero-order valence-electron chi connectivity index (χ0n) is 13.2. The Bertz CT molecular complexity index is 438. The number of carboxylic acid groups (broad SMARTS) is 1. The molecule has 0 aliphatic rings. The molecule has 9 nitrogen and oxygen atoms in total. The molecule has 22 heavy (non-hydrogen) atoms. The lowest BCUT2D eigenvalue weighted by atomic mass is 10.0. The highest BCUT2D eigenvalue weighted by atomic mass is 16.4. The van der Waals surface area contributed by atoms with Crippen molar-refractivity contribution in [1.29, 1.82) is 0 Å². The van der Waals surface area contributed by atoms with Crippen molar-refractivity contribution in [2.45, 2.75) is 45.8 Å². The molecule has 126 valence electrons. The zero-order chi connectivity index (χ0) is 17.4. The number of carbonyl (C=O) groups excluding carboxylic acids is 3. The van der Waals surface area contributed by atoms with Crippen molar-refractivity contribution in [1.82, 2.24) is 16.0 Å². The maximum absolute atomic E-state index is 11.9. The molecular formula is C13H24N4O5. The summed E-state index contributed by atoms with van der Waals surface area (Å²) < 4.78 is 0. The number of hydrogen-bond acceptors (Lipinski definition) is 5. The number of nitrogens with two attached hydrogens (primary N) is 1. The van der Waals surface area contributed by atoms with Crippen LogP contribution in [0.1, 0.15) is 27.7 Å². The van der Waals surface area contributed by atoms with E-state index >= 15 is 0 Å². The first-order valence-corrected chi connectivity index (χ1v) is 6.92. The van der Waals surface area contributed by atoms with Gasteiger partial charge in [-0.25, -0.2) is 0 Å². The molecule has 0 aliphatic carbocycles. The molecule has 3 unspecified atom stereocenters. The molecule has 3 amide bonds. The summed E-state index contributed by atoms with van der Waals surface area (Å²) in [5.74, 6) is -2.91. The zero-order valence-corrected chi connectivity index (χ0v) is 13.2. The fourth-order valence-corrected chi connectivity index (χ4v) is 1.40. The van der Waals surface area contributed by atoms with Gasteiger partial charge in [0.15, 0.2) is 0 Å². The standard InChI is InChI=1S/C13H24N4O5/c1-6(2)10(14)13(22)17-8(4)12(21)16-7(3)11(20)15-5-9(18)19/h6-8,10H,5,14H2,1-4H3,(H,15,20)(H,16,21)(H,17,22)(H,18,19). The van der Waals surface area contributed by atoms with Crippen LogP contribution in [0.4, 0.5) is 0 Å². The number of carboxylic acids is 1. The highest BCUT2D eigenvalue weighted by molar-refractivity contribution is 5.93. The van der Waals surface area contributed by atoms with Crippen molar-refractivity contribution in [2.24, 2.45) is 11.7 Å². The van der Waals surface area contributed by atoms with Gasteiger partial charge in [0.2, 0.25) is 17.7 Å². The van der Waals surface area contributed by atoms with Crippen molar-refractivity contribution < 1.29 is 24.3 Å². The van der Waals surface area contributed by atoms with Crippen LogP contribution in [0.3, 0.4) is 0 Å². The highest BCUT2D eigenvalue weighted by Crippen LogP contribution is 1.98. The second-order valence-corrected chi connectivity index (χ2v) is 5.34. The smallest absolute Gasteiger partial charge is 0.322 e. The van der Waals surface area contributed by atoms with Crippen LogP contribution in [0.5, 0.6) is 0 Å². The van der Waals surface area contributed by atoms with Crippen LogP contribution in [0.25, 0.3) is 0 Å². The largest absolute Gasteiger partial charge is 0.480 e. The van der Waals surface area contributed by atoms with E-state index in [9.17, 15) is 19.2 Å². The molecule has 0 fully saturated rings. The second kappa shape index (κ2) is 8.98.